The summed E-state index contributed by atoms with van der Waals surface area (Å²) in [6.45, 7) is 3.44. The Morgan fingerprint density at radius 2 is 2.00 bits per heavy atom. The number of carboxylic acids is 1. The fraction of sp³-hybridized carbons (Fsp3) is 0.800. The molecule has 0 aromatic heterocycles. The van der Waals surface area contributed by atoms with Gasteiger partial charge in [-0.15, -0.1) is 0 Å². The highest BCUT2D eigenvalue weighted by Gasteiger charge is 2.43. The number of rotatable bonds is 3. The minimum atomic E-state index is -1.07. The Labute approximate surface area is 94.2 Å². The first-order chi connectivity index (χ1) is 7.29. The Morgan fingerprint density at radius 1 is 1.44 bits per heavy atom. The van der Waals surface area contributed by atoms with E-state index >= 15 is 0 Å². The van der Waals surface area contributed by atoms with Crippen molar-refractivity contribution in [1.82, 2.24) is 10.2 Å². The van der Waals surface area contributed by atoms with Gasteiger partial charge in [0, 0.05) is 13.0 Å². The third-order valence-electron chi connectivity index (χ3n) is 2.98. The molecule has 0 bridgehead atoms. The molecule has 3 N–H and O–H groups in total. The molecule has 0 aromatic rings. The van der Waals surface area contributed by atoms with Gasteiger partial charge in [-0.3, -0.25) is 4.79 Å². The molecule has 1 aliphatic heterocycles. The first-order valence-electron chi connectivity index (χ1n) is 5.20. The number of nitrogens with zero attached hydrogens (tertiary/aromatic N) is 1. The maximum atomic E-state index is 12.0. The number of carbonyl (C=O) groups excluding carboxylic acids is 1. The van der Waals surface area contributed by atoms with Crippen LogP contribution in [0.1, 0.15) is 20.3 Å². The molecular weight excluding hydrogens is 212 g/mol. The Bertz CT molecular complexity index is 303. The van der Waals surface area contributed by atoms with E-state index in [1.165, 1.54) is 4.90 Å². The highest BCUT2D eigenvalue weighted by atomic mass is 16.4. The summed E-state index contributed by atoms with van der Waals surface area (Å²) >= 11 is 0. The summed E-state index contributed by atoms with van der Waals surface area (Å²) in [6, 6.07) is -0.921. The number of likely N-dealkylation sites (tertiary alicyclic amines) is 1. The monoisotopic (exact) mass is 230 g/mol. The number of hydrogen-bond acceptors (Lipinski definition) is 4. The van der Waals surface area contributed by atoms with E-state index in [0.29, 0.717) is 0 Å². The van der Waals surface area contributed by atoms with Crippen molar-refractivity contribution in [3.8, 4) is 0 Å². The third kappa shape index (κ3) is 2.33. The zero-order valence-electron chi connectivity index (χ0n) is 9.73. The molecule has 0 saturated carbocycles. The van der Waals surface area contributed by atoms with E-state index in [1.807, 2.05) is 0 Å². The fourth-order valence-corrected chi connectivity index (χ4v) is 1.74. The first-order valence-corrected chi connectivity index (χ1v) is 5.20. The van der Waals surface area contributed by atoms with E-state index < -0.39 is 23.7 Å². The molecule has 1 saturated heterocycles. The molecule has 2 atom stereocenters. The van der Waals surface area contributed by atoms with E-state index in [2.05, 4.69) is 5.32 Å². The van der Waals surface area contributed by atoms with Crippen LogP contribution in [0.5, 0.6) is 0 Å². The summed E-state index contributed by atoms with van der Waals surface area (Å²) in [6.07, 6.45) is -0.654. The number of aliphatic hydroxyl groups excluding tert-OH is 1. The van der Waals surface area contributed by atoms with Crippen molar-refractivity contribution in [3.63, 3.8) is 0 Å². The van der Waals surface area contributed by atoms with Gasteiger partial charge in [-0.2, -0.15) is 0 Å². The Balaban J connectivity index is 2.86. The molecule has 1 aliphatic rings. The molecule has 6 heteroatoms. The van der Waals surface area contributed by atoms with E-state index in [0.717, 1.165) is 0 Å². The Kier molecular flexibility index (Phi) is 3.54. The molecule has 1 heterocycles. The maximum Gasteiger partial charge on any atom is 0.326 e. The largest absolute Gasteiger partial charge is 0.480 e. The number of aliphatic carboxylic acids is 1. The minimum Gasteiger partial charge on any atom is -0.480 e. The van der Waals surface area contributed by atoms with Crippen LogP contribution in [0, 0.1) is 0 Å². The summed E-state index contributed by atoms with van der Waals surface area (Å²) < 4.78 is 0. The van der Waals surface area contributed by atoms with Crippen molar-refractivity contribution in [3.05, 3.63) is 0 Å². The normalized spacial score (nSPS) is 25.9. The van der Waals surface area contributed by atoms with Crippen LogP contribution in [0.15, 0.2) is 0 Å². The summed E-state index contributed by atoms with van der Waals surface area (Å²) in [5, 5.41) is 21.2. The Morgan fingerprint density at radius 3 is 2.44 bits per heavy atom. The number of β-amino-alcohol motifs (C(OH)–C–C–N with tert-alkyl or cyclic N) is 1. The fourth-order valence-electron chi connectivity index (χ4n) is 1.74. The van der Waals surface area contributed by atoms with E-state index in [4.69, 9.17) is 5.11 Å². The molecular formula is C10H18N2O4. The lowest BCUT2D eigenvalue weighted by Gasteiger charge is -2.31. The average molecular weight is 230 g/mol. The van der Waals surface area contributed by atoms with Crippen molar-refractivity contribution in [1.29, 1.82) is 0 Å². The second-order valence-electron chi connectivity index (χ2n) is 4.58. The number of amides is 1. The molecule has 1 fully saturated rings. The third-order valence-corrected chi connectivity index (χ3v) is 2.98. The second-order valence-corrected chi connectivity index (χ2v) is 4.58. The lowest BCUT2D eigenvalue weighted by molar-refractivity contribution is -0.150. The van der Waals surface area contributed by atoms with Gasteiger partial charge in [0.25, 0.3) is 0 Å². The van der Waals surface area contributed by atoms with E-state index in [1.54, 1.807) is 20.9 Å². The topological polar surface area (TPSA) is 89.9 Å². The van der Waals surface area contributed by atoms with Gasteiger partial charge in [0.05, 0.1) is 11.6 Å². The van der Waals surface area contributed by atoms with Crippen molar-refractivity contribution < 1.29 is 19.8 Å². The minimum absolute atomic E-state index is 0.0842. The van der Waals surface area contributed by atoms with Gasteiger partial charge in [-0.1, -0.05) is 0 Å². The molecule has 0 aromatic carbocycles. The van der Waals surface area contributed by atoms with Crippen LogP contribution < -0.4 is 5.32 Å². The standard InChI is InChI=1S/C10H18N2O4/c1-10(2,11-3)9(16)12-5-6(13)4-7(12)8(14)15/h6-7,11,13H,4-5H2,1-3H3,(H,14,15)/t6-,7+/m1/s1. The molecule has 16 heavy (non-hydrogen) atoms. The van der Waals surface area contributed by atoms with Crippen LogP contribution in [0.25, 0.3) is 0 Å². The van der Waals surface area contributed by atoms with Gasteiger partial charge in [0.15, 0.2) is 0 Å². The van der Waals surface area contributed by atoms with Gasteiger partial charge in [0.2, 0.25) is 5.91 Å². The molecule has 0 radical (unpaired) electrons. The van der Waals surface area contributed by atoms with Gasteiger partial charge in [-0.05, 0) is 20.9 Å². The smallest absolute Gasteiger partial charge is 0.326 e. The highest BCUT2D eigenvalue weighted by molar-refractivity contribution is 5.90. The van der Waals surface area contributed by atoms with Gasteiger partial charge < -0.3 is 20.4 Å². The molecule has 0 spiro atoms. The summed E-state index contributed by atoms with van der Waals surface area (Å²) in [7, 11) is 1.64. The molecule has 6 nitrogen and oxygen atoms in total. The average Bonchev–Trinajstić information content (AvgIpc) is 2.59. The maximum absolute atomic E-state index is 12.0. The van der Waals surface area contributed by atoms with Crippen LogP contribution in [0.2, 0.25) is 0 Å². The number of likely N-dealkylation sites (N-methyl/N-ethyl adjacent to an activating group) is 1. The van der Waals surface area contributed by atoms with E-state index in [-0.39, 0.29) is 18.9 Å². The van der Waals surface area contributed by atoms with Crippen LogP contribution in [0.3, 0.4) is 0 Å². The van der Waals surface area contributed by atoms with Gasteiger partial charge >= 0.3 is 5.97 Å². The number of hydrogen-bond donors (Lipinski definition) is 3. The van der Waals surface area contributed by atoms with Crippen molar-refractivity contribution in [2.75, 3.05) is 13.6 Å². The van der Waals surface area contributed by atoms with Crippen LogP contribution >= 0.6 is 0 Å². The predicted octanol–water partition coefficient (Wildman–Crippen LogP) is -0.969. The van der Waals surface area contributed by atoms with Gasteiger partial charge in [0.1, 0.15) is 6.04 Å². The SMILES string of the molecule is CNC(C)(C)C(=O)N1C[C@H](O)C[C@H]1C(=O)O. The van der Waals surface area contributed by atoms with Crippen LogP contribution in [0.4, 0.5) is 0 Å². The molecule has 92 valence electrons. The molecule has 0 unspecified atom stereocenters. The van der Waals surface area contributed by atoms with Crippen LogP contribution in [-0.4, -0.2) is 58.3 Å². The van der Waals surface area contributed by atoms with Crippen molar-refractivity contribution in [2.24, 2.45) is 0 Å². The Hall–Kier alpha value is -1.14. The summed E-state index contributed by atoms with van der Waals surface area (Å²) in [5.74, 6) is -1.38. The number of carboxylic acid groups (broad SMARTS) is 1. The highest BCUT2D eigenvalue weighted by Crippen LogP contribution is 2.21. The summed E-state index contributed by atoms with van der Waals surface area (Å²) in [4.78, 5) is 24.2. The van der Waals surface area contributed by atoms with Gasteiger partial charge in [-0.25, -0.2) is 4.79 Å². The summed E-state index contributed by atoms with van der Waals surface area (Å²) in [5.41, 5.74) is -0.822. The molecule has 1 rings (SSSR count). The number of carbonyl (C=O) groups is 2. The number of aliphatic hydroxyl groups is 1. The van der Waals surface area contributed by atoms with Crippen molar-refractivity contribution >= 4 is 11.9 Å². The van der Waals surface area contributed by atoms with Crippen LogP contribution in [-0.2, 0) is 9.59 Å². The molecule has 1 amide bonds. The zero-order valence-corrected chi connectivity index (χ0v) is 9.73. The van der Waals surface area contributed by atoms with E-state index in [9.17, 15) is 14.7 Å². The second kappa shape index (κ2) is 4.39. The lowest BCUT2D eigenvalue weighted by Crippen LogP contribution is -2.55. The van der Waals surface area contributed by atoms with Crippen molar-refractivity contribution in [2.45, 2.75) is 38.0 Å². The first kappa shape index (κ1) is 12.9. The quantitative estimate of drug-likeness (QED) is 0.580. The predicted molar refractivity (Wildman–Crippen MR) is 56.9 cm³/mol. The molecule has 0 aliphatic carbocycles. The number of nitrogens with one attached hydrogen (secondary N) is 1. The lowest BCUT2D eigenvalue weighted by atomic mass is 10.0. The zero-order chi connectivity index (χ0) is 12.5.